The average Bonchev–Trinajstić information content (AvgIpc) is 3.11. The number of oxazole rings is 1. The molecule has 1 amide bonds. The Morgan fingerprint density at radius 1 is 1.32 bits per heavy atom. The van der Waals surface area contributed by atoms with Crippen LogP contribution in [0, 0.1) is 5.92 Å². The number of carbonyl (C=O) groups excluding carboxylic acids is 1. The average molecular weight is 302 g/mol. The van der Waals surface area contributed by atoms with Crippen LogP contribution in [0.3, 0.4) is 0 Å². The van der Waals surface area contributed by atoms with E-state index in [-0.39, 0.29) is 17.9 Å². The molecule has 6 heteroatoms. The summed E-state index contributed by atoms with van der Waals surface area (Å²) in [6.07, 6.45) is 2.61. The molecule has 0 spiro atoms. The highest BCUT2D eigenvalue weighted by Crippen LogP contribution is 2.25. The molecule has 0 saturated heterocycles. The molecular formula is C16H18N2O4. The van der Waals surface area contributed by atoms with E-state index in [9.17, 15) is 9.59 Å². The number of carboxylic acid groups (broad SMARTS) is 1. The molecule has 0 unspecified atom stereocenters. The van der Waals surface area contributed by atoms with Crippen LogP contribution in [0.5, 0.6) is 0 Å². The predicted molar refractivity (Wildman–Crippen MR) is 79.2 cm³/mol. The maximum atomic E-state index is 11.9. The van der Waals surface area contributed by atoms with Gasteiger partial charge in [0.1, 0.15) is 5.52 Å². The lowest BCUT2D eigenvalue weighted by Gasteiger charge is -2.11. The monoisotopic (exact) mass is 302 g/mol. The number of benzene rings is 1. The minimum atomic E-state index is -0.775. The zero-order valence-electron chi connectivity index (χ0n) is 12.1. The highest BCUT2D eigenvalue weighted by molar-refractivity contribution is 5.77. The summed E-state index contributed by atoms with van der Waals surface area (Å²) in [5.74, 6) is -0.643. The number of hydrogen-bond acceptors (Lipinski definition) is 4. The van der Waals surface area contributed by atoms with Gasteiger partial charge in [-0.3, -0.25) is 9.59 Å². The molecule has 6 nitrogen and oxygen atoms in total. The normalized spacial score (nSPS) is 21.1. The van der Waals surface area contributed by atoms with Gasteiger partial charge in [0.2, 0.25) is 5.91 Å². The molecule has 2 aromatic rings. The van der Waals surface area contributed by atoms with Gasteiger partial charge in [-0.2, -0.15) is 0 Å². The number of aryl methyl sites for hydroxylation is 1. The van der Waals surface area contributed by atoms with Crippen molar-refractivity contribution in [2.24, 2.45) is 5.92 Å². The Bertz CT molecular complexity index is 661. The summed E-state index contributed by atoms with van der Waals surface area (Å²) < 4.78 is 5.57. The molecule has 1 saturated carbocycles. The molecule has 0 aliphatic heterocycles. The fourth-order valence-corrected chi connectivity index (χ4v) is 2.88. The number of para-hydroxylation sites is 2. The number of aromatic nitrogens is 1. The van der Waals surface area contributed by atoms with Gasteiger partial charge in [-0.05, 0) is 31.4 Å². The zero-order chi connectivity index (χ0) is 15.5. The molecule has 1 aromatic carbocycles. The van der Waals surface area contributed by atoms with Crippen LogP contribution in [0.1, 0.15) is 31.6 Å². The van der Waals surface area contributed by atoms with Gasteiger partial charge < -0.3 is 14.8 Å². The van der Waals surface area contributed by atoms with Crippen LogP contribution in [-0.4, -0.2) is 28.0 Å². The van der Waals surface area contributed by atoms with E-state index >= 15 is 0 Å². The molecule has 3 rings (SSSR count). The summed E-state index contributed by atoms with van der Waals surface area (Å²) in [6.45, 7) is 0. The van der Waals surface area contributed by atoms with Crippen molar-refractivity contribution in [2.45, 2.75) is 38.1 Å². The van der Waals surface area contributed by atoms with Crippen molar-refractivity contribution in [1.29, 1.82) is 0 Å². The van der Waals surface area contributed by atoms with Crippen LogP contribution in [0.2, 0.25) is 0 Å². The second kappa shape index (κ2) is 6.17. The number of amides is 1. The topological polar surface area (TPSA) is 92.4 Å². The summed E-state index contributed by atoms with van der Waals surface area (Å²) in [5.41, 5.74) is 1.51. The van der Waals surface area contributed by atoms with Crippen LogP contribution >= 0.6 is 0 Å². The molecule has 1 fully saturated rings. The molecule has 1 aliphatic carbocycles. The van der Waals surface area contributed by atoms with Gasteiger partial charge in [-0.1, -0.05) is 12.1 Å². The third kappa shape index (κ3) is 3.27. The predicted octanol–water partition coefficient (Wildman–Crippen LogP) is 2.13. The fourth-order valence-electron chi connectivity index (χ4n) is 2.88. The third-order valence-corrected chi connectivity index (χ3v) is 4.05. The van der Waals surface area contributed by atoms with Crippen molar-refractivity contribution in [3.8, 4) is 0 Å². The number of hydrogen-bond donors (Lipinski definition) is 2. The highest BCUT2D eigenvalue weighted by atomic mass is 16.4. The molecule has 2 atom stereocenters. The number of nitrogens with one attached hydrogen (secondary N) is 1. The first-order valence-electron chi connectivity index (χ1n) is 7.48. The summed E-state index contributed by atoms with van der Waals surface area (Å²) in [6, 6.07) is 7.45. The molecule has 116 valence electrons. The molecule has 2 N–H and O–H groups in total. The minimum Gasteiger partial charge on any atom is -0.481 e. The minimum absolute atomic E-state index is 0.0303. The van der Waals surface area contributed by atoms with Gasteiger partial charge in [0.15, 0.2) is 11.5 Å². The number of rotatable bonds is 5. The largest absolute Gasteiger partial charge is 0.481 e. The van der Waals surface area contributed by atoms with Gasteiger partial charge in [0, 0.05) is 18.9 Å². The van der Waals surface area contributed by atoms with E-state index in [4.69, 9.17) is 9.52 Å². The van der Waals surface area contributed by atoms with E-state index in [2.05, 4.69) is 10.3 Å². The second-order valence-electron chi connectivity index (χ2n) is 5.69. The van der Waals surface area contributed by atoms with Gasteiger partial charge in [-0.25, -0.2) is 4.98 Å². The van der Waals surface area contributed by atoms with E-state index in [1.807, 2.05) is 24.3 Å². The van der Waals surface area contributed by atoms with Gasteiger partial charge in [0.25, 0.3) is 0 Å². The Kier molecular flexibility index (Phi) is 4.09. The standard InChI is InChI=1S/C16H18N2O4/c19-14(17-11-6-5-10(9-11)16(20)21)7-8-15-18-12-3-1-2-4-13(12)22-15/h1-4,10-11H,5-9H2,(H,17,19)(H,20,21)/t10-,11+/m1/s1. The van der Waals surface area contributed by atoms with Gasteiger partial charge in [-0.15, -0.1) is 0 Å². The van der Waals surface area contributed by atoms with Crippen LogP contribution in [0.4, 0.5) is 0 Å². The number of carbonyl (C=O) groups is 2. The summed E-state index contributed by atoms with van der Waals surface area (Å²) in [5, 5.41) is 11.8. The Morgan fingerprint density at radius 2 is 2.14 bits per heavy atom. The lowest BCUT2D eigenvalue weighted by molar-refractivity contribution is -0.141. The second-order valence-corrected chi connectivity index (χ2v) is 5.69. The molecule has 22 heavy (non-hydrogen) atoms. The Labute approximate surface area is 127 Å². The maximum Gasteiger partial charge on any atom is 0.306 e. The summed E-state index contributed by atoms with van der Waals surface area (Å²) in [7, 11) is 0. The number of nitrogens with zero attached hydrogens (tertiary/aromatic N) is 1. The molecule has 1 aromatic heterocycles. The number of fused-ring (bicyclic) bond motifs is 1. The molecular weight excluding hydrogens is 284 g/mol. The Hall–Kier alpha value is -2.37. The zero-order valence-corrected chi connectivity index (χ0v) is 12.1. The summed E-state index contributed by atoms with van der Waals surface area (Å²) >= 11 is 0. The Balaban J connectivity index is 1.49. The quantitative estimate of drug-likeness (QED) is 0.882. The molecule has 0 bridgehead atoms. The van der Waals surface area contributed by atoms with Crippen LogP contribution < -0.4 is 5.32 Å². The lowest BCUT2D eigenvalue weighted by atomic mass is 10.1. The van der Waals surface area contributed by atoms with Crippen LogP contribution in [-0.2, 0) is 16.0 Å². The third-order valence-electron chi connectivity index (χ3n) is 4.05. The molecule has 1 aliphatic rings. The first-order chi connectivity index (χ1) is 10.6. The van der Waals surface area contributed by atoms with Crippen molar-refractivity contribution in [2.75, 3.05) is 0 Å². The van der Waals surface area contributed by atoms with E-state index in [1.165, 1.54) is 0 Å². The van der Waals surface area contributed by atoms with Crippen LogP contribution in [0.15, 0.2) is 28.7 Å². The van der Waals surface area contributed by atoms with E-state index in [0.717, 1.165) is 17.5 Å². The number of carboxylic acids is 1. The van der Waals surface area contributed by atoms with E-state index < -0.39 is 5.97 Å². The van der Waals surface area contributed by atoms with E-state index in [1.54, 1.807) is 0 Å². The lowest BCUT2D eigenvalue weighted by Crippen LogP contribution is -2.33. The smallest absolute Gasteiger partial charge is 0.306 e. The van der Waals surface area contributed by atoms with Crippen molar-refractivity contribution >= 4 is 23.0 Å². The highest BCUT2D eigenvalue weighted by Gasteiger charge is 2.30. The maximum absolute atomic E-state index is 11.9. The van der Waals surface area contributed by atoms with Crippen LogP contribution in [0.25, 0.3) is 11.1 Å². The number of aliphatic carboxylic acids is 1. The van der Waals surface area contributed by atoms with E-state index in [0.29, 0.717) is 31.6 Å². The summed E-state index contributed by atoms with van der Waals surface area (Å²) in [4.78, 5) is 27.2. The fraction of sp³-hybridized carbons (Fsp3) is 0.438. The Morgan fingerprint density at radius 3 is 2.86 bits per heavy atom. The van der Waals surface area contributed by atoms with Crippen molar-refractivity contribution < 1.29 is 19.1 Å². The molecule has 1 heterocycles. The van der Waals surface area contributed by atoms with Gasteiger partial charge >= 0.3 is 5.97 Å². The van der Waals surface area contributed by atoms with Gasteiger partial charge in [0.05, 0.1) is 5.92 Å². The van der Waals surface area contributed by atoms with Crippen molar-refractivity contribution in [1.82, 2.24) is 10.3 Å². The first-order valence-corrected chi connectivity index (χ1v) is 7.48. The van der Waals surface area contributed by atoms with Crippen molar-refractivity contribution in [3.05, 3.63) is 30.2 Å². The SMILES string of the molecule is O=C(CCc1nc2ccccc2o1)N[C@H]1CC[C@@H](C(=O)O)C1. The first kappa shape index (κ1) is 14.6. The van der Waals surface area contributed by atoms with Crippen molar-refractivity contribution in [3.63, 3.8) is 0 Å². The molecule has 0 radical (unpaired) electrons.